The first-order valence-corrected chi connectivity index (χ1v) is 11.3. The normalized spacial score (nSPS) is 15.7. The number of thioether (sulfide) groups is 1. The fraction of sp³-hybridized carbons (Fsp3) is 0.409. The fourth-order valence-electron chi connectivity index (χ4n) is 4.02. The number of nitrogens with one attached hydrogen (secondary N) is 1. The van der Waals surface area contributed by atoms with Crippen LogP contribution in [0, 0.1) is 13.8 Å². The number of nitrogens with two attached hydrogens (primary N) is 1. The zero-order valence-corrected chi connectivity index (χ0v) is 18.1. The van der Waals surface area contributed by atoms with Crippen molar-refractivity contribution in [1.29, 1.82) is 0 Å². The summed E-state index contributed by atoms with van der Waals surface area (Å²) in [5.74, 6) is 1.08. The van der Waals surface area contributed by atoms with Gasteiger partial charge in [0.25, 0.3) is 0 Å². The van der Waals surface area contributed by atoms with E-state index in [-0.39, 0.29) is 0 Å². The molecule has 0 bridgehead atoms. The lowest BCUT2D eigenvalue weighted by Crippen LogP contribution is -2.39. The van der Waals surface area contributed by atoms with Gasteiger partial charge in [0.05, 0.1) is 5.39 Å². The highest BCUT2D eigenvalue weighted by atomic mass is 32.2. The second kappa shape index (κ2) is 8.55. The highest BCUT2D eigenvalue weighted by Crippen LogP contribution is 2.24. The van der Waals surface area contributed by atoms with Gasteiger partial charge in [-0.15, -0.1) is 11.8 Å². The summed E-state index contributed by atoms with van der Waals surface area (Å²) in [4.78, 5) is 17.5. The summed E-state index contributed by atoms with van der Waals surface area (Å²) in [6, 6.07) is 11.2. The summed E-state index contributed by atoms with van der Waals surface area (Å²) >= 11 is 1.79. The maximum atomic E-state index is 6.20. The number of benzene rings is 1. The van der Waals surface area contributed by atoms with E-state index in [9.17, 15) is 0 Å². The van der Waals surface area contributed by atoms with Crippen molar-refractivity contribution < 1.29 is 0 Å². The van der Waals surface area contributed by atoms with Gasteiger partial charge in [-0.05, 0) is 62.3 Å². The van der Waals surface area contributed by atoms with Gasteiger partial charge in [0.15, 0.2) is 5.65 Å². The Labute approximate surface area is 176 Å². The highest BCUT2D eigenvalue weighted by Gasteiger charge is 2.21. The van der Waals surface area contributed by atoms with Crippen molar-refractivity contribution in [3.63, 3.8) is 0 Å². The van der Waals surface area contributed by atoms with E-state index in [1.807, 2.05) is 19.9 Å². The molecule has 152 valence electrons. The van der Waals surface area contributed by atoms with Crippen molar-refractivity contribution in [2.75, 3.05) is 30.4 Å². The number of fused-ring (bicyclic) bond motifs is 1. The number of nitrogen functional groups attached to an aromatic ring is 1. The lowest BCUT2D eigenvalue weighted by atomic mass is 10.0. The summed E-state index contributed by atoms with van der Waals surface area (Å²) in [5.41, 5.74) is 10.3. The Balaban J connectivity index is 1.39. The topological polar surface area (TPSA) is 80.0 Å². The van der Waals surface area contributed by atoms with Crippen molar-refractivity contribution in [3.05, 3.63) is 47.2 Å². The maximum Gasteiger partial charge on any atom is 0.226 e. The molecule has 29 heavy (non-hydrogen) atoms. The van der Waals surface area contributed by atoms with Crippen LogP contribution in [-0.4, -0.2) is 45.2 Å². The van der Waals surface area contributed by atoms with Crippen LogP contribution in [0.5, 0.6) is 0 Å². The zero-order valence-electron chi connectivity index (χ0n) is 17.3. The third-order valence-electron chi connectivity index (χ3n) is 5.48. The third-order valence-corrected chi connectivity index (χ3v) is 6.21. The molecule has 4 rings (SSSR count). The SMILES string of the molecule is CSc1cccc(CN2CCC(Nc3nc(N)c4c(C)cc(C)nc4n3)CC2)c1. The van der Waals surface area contributed by atoms with Gasteiger partial charge < -0.3 is 11.1 Å². The average molecular weight is 409 g/mol. The minimum atomic E-state index is 0.353. The number of hydrogen-bond donors (Lipinski definition) is 2. The largest absolute Gasteiger partial charge is 0.383 e. The molecule has 0 atom stereocenters. The maximum absolute atomic E-state index is 6.20. The van der Waals surface area contributed by atoms with Crippen molar-refractivity contribution in [1.82, 2.24) is 19.9 Å². The molecule has 0 aliphatic carbocycles. The number of piperidine rings is 1. The molecule has 6 nitrogen and oxygen atoms in total. The molecule has 1 aromatic carbocycles. The first-order valence-electron chi connectivity index (χ1n) is 10.0. The molecule has 1 saturated heterocycles. The summed E-state index contributed by atoms with van der Waals surface area (Å²) in [6.45, 7) is 7.11. The summed E-state index contributed by atoms with van der Waals surface area (Å²) < 4.78 is 0. The molecule has 3 heterocycles. The minimum absolute atomic E-state index is 0.353. The summed E-state index contributed by atoms with van der Waals surface area (Å²) in [6.07, 6.45) is 4.24. The molecule has 0 saturated carbocycles. The van der Waals surface area contributed by atoms with Crippen molar-refractivity contribution >= 4 is 34.6 Å². The van der Waals surface area contributed by atoms with E-state index in [2.05, 4.69) is 55.7 Å². The van der Waals surface area contributed by atoms with Crippen LogP contribution >= 0.6 is 11.8 Å². The van der Waals surface area contributed by atoms with E-state index in [4.69, 9.17) is 5.73 Å². The average Bonchev–Trinajstić information content (AvgIpc) is 2.69. The summed E-state index contributed by atoms with van der Waals surface area (Å²) in [5, 5.41) is 4.33. The molecule has 0 spiro atoms. The number of aromatic nitrogens is 3. The molecule has 3 aromatic rings. The Morgan fingerprint density at radius 2 is 1.93 bits per heavy atom. The standard InChI is InChI=1S/C22H28N6S/c1-14-11-15(2)24-21-19(14)20(23)26-22(27-21)25-17-7-9-28(10-8-17)13-16-5-4-6-18(12-16)29-3/h4-6,11-12,17H,7-10,13H2,1-3H3,(H3,23,24,25,26,27). The quantitative estimate of drug-likeness (QED) is 0.617. The molecule has 0 amide bonds. The number of likely N-dealkylation sites (tertiary alicyclic amines) is 1. The monoisotopic (exact) mass is 408 g/mol. The molecule has 1 aliphatic rings. The van der Waals surface area contributed by atoms with Crippen LogP contribution in [-0.2, 0) is 6.54 Å². The van der Waals surface area contributed by atoms with Crippen LogP contribution in [0.25, 0.3) is 11.0 Å². The molecule has 3 N–H and O–H groups in total. The number of pyridine rings is 1. The molecular weight excluding hydrogens is 380 g/mol. The molecular formula is C22H28N6S. The molecule has 2 aromatic heterocycles. The number of hydrogen-bond acceptors (Lipinski definition) is 7. The Hall–Kier alpha value is -2.38. The first kappa shape index (κ1) is 19.9. The Morgan fingerprint density at radius 1 is 1.14 bits per heavy atom. The lowest BCUT2D eigenvalue weighted by molar-refractivity contribution is 0.211. The van der Waals surface area contributed by atoms with E-state index in [0.717, 1.165) is 49.1 Å². The van der Waals surface area contributed by atoms with E-state index in [1.54, 1.807) is 11.8 Å². The molecule has 7 heteroatoms. The Kier molecular flexibility index (Phi) is 5.87. The first-order chi connectivity index (χ1) is 14.0. The molecule has 0 radical (unpaired) electrons. The third kappa shape index (κ3) is 4.62. The predicted octanol–water partition coefficient (Wildman–Crippen LogP) is 4.02. The van der Waals surface area contributed by atoms with Gasteiger partial charge in [-0.2, -0.15) is 9.97 Å². The van der Waals surface area contributed by atoms with Crippen LogP contribution in [0.15, 0.2) is 35.2 Å². The second-order valence-electron chi connectivity index (χ2n) is 7.76. The van der Waals surface area contributed by atoms with Gasteiger partial charge in [-0.25, -0.2) is 4.98 Å². The zero-order chi connectivity index (χ0) is 20.4. The van der Waals surface area contributed by atoms with Crippen molar-refractivity contribution in [3.8, 4) is 0 Å². The Bertz CT molecular complexity index is 1010. The van der Waals surface area contributed by atoms with Crippen LogP contribution in [0.3, 0.4) is 0 Å². The molecule has 1 aliphatic heterocycles. The van der Waals surface area contributed by atoms with Crippen LogP contribution in [0.4, 0.5) is 11.8 Å². The van der Waals surface area contributed by atoms with Crippen molar-refractivity contribution in [2.45, 2.75) is 44.2 Å². The number of anilines is 2. The lowest BCUT2D eigenvalue weighted by Gasteiger charge is -2.32. The van der Waals surface area contributed by atoms with Gasteiger partial charge in [0, 0.05) is 36.3 Å². The predicted molar refractivity (Wildman–Crippen MR) is 121 cm³/mol. The Morgan fingerprint density at radius 3 is 2.69 bits per heavy atom. The minimum Gasteiger partial charge on any atom is -0.383 e. The summed E-state index contributed by atoms with van der Waals surface area (Å²) in [7, 11) is 0. The van der Waals surface area contributed by atoms with E-state index < -0.39 is 0 Å². The molecule has 0 unspecified atom stereocenters. The van der Waals surface area contributed by atoms with Crippen LogP contribution in [0.1, 0.15) is 29.7 Å². The van der Waals surface area contributed by atoms with E-state index in [0.29, 0.717) is 23.5 Å². The number of rotatable bonds is 5. The van der Waals surface area contributed by atoms with E-state index in [1.165, 1.54) is 10.5 Å². The van der Waals surface area contributed by atoms with E-state index >= 15 is 0 Å². The fourth-order valence-corrected chi connectivity index (χ4v) is 4.51. The smallest absolute Gasteiger partial charge is 0.226 e. The van der Waals surface area contributed by atoms with Gasteiger partial charge in [-0.3, -0.25) is 4.90 Å². The van der Waals surface area contributed by atoms with Crippen LogP contribution in [0.2, 0.25) is 0 Å². The number of nitrogens with zero attached hydrogens (tertiary/aromatic N) is 4. The van der Waals surface area contributed by atoms with Crippen LogP contribution < -0.4 is 11.1 Å². The highest BCUT2D eigenvalue weighted by molar-refractivity contribution is 7.98. The van der Waals surface area contributed by atoms with Gasteiger partial charge in [0.1, 0.15) is 5.82 Å². The number of aryl methyl sites for hydroxylation is 2. The van der Waals surface area contributed by atoms with Gasteiger partial charge in [-0.1, -0.05) is 12.1 Å². The van der Waals surface area contributed by atoms with Gasteiger partial charge in [0.2, 0.25) is 5.95 Å². The molecule has 1 fully saturated rings. The second-order valence-corrected chi connectivity index (χ2v) is 8.64. The van der Waals surface area contributed by atoms with Crippen molar-refractivity contribution in [2.24, 2.45) is 0 Å². The van der Waals surface area contributed by atoms with Gasteiger partial charge >= 0.3 is 0 Å².